The summed E-state index contributed by atoms with van der Waals surface area (Å²) in [5.74, 6) is 0.470. The Labute approximate surface area is 143 Å². The van der Waals surface area contributed by atoms with Crippen LogP contribution in [0.1, 0.15) is 33.6 Å². The molecule has 7 nitrogen and oxygen atoms in total. The van der Waals surface area contributed by atoms with Crippen molar-refractivity contribution in [2.75, 3.05) is 31.1 Å². The Morgan fingerprint density at radius 3 is 2.54 bits per heavy atom. The van der Waals surface area contributed by atoms with Crippen molar-refractivity contribution >= 4 is 21.4 Å². The molecule has 0 aliphatic carbocycles. The minimum atomic E-state index is -3.71. The van der Waals surface area contributed by atoms with Crippen LogP contribution in [0.5, 0.6) is 0 Å². The summed E-state index contributed by atoms with van der Waals surface area (Å²) in [6.45, 7) is 7.79. The molecule has 0 spiro atoms. The maximum atomic E-state index is 12.6. The van der Waals surface area contributed by atoms with Gasteiger partial charge in [0.1, 0.15) is 5.69 Å². The Morgan fingerprint density at radius 1 is 1.33 bits per heavy atom. The molecule has 1 aliphatic heterocycles. The van der Waals surface area contributed by atoms with E-state index in [-0.39, 0.29) is 10.6 Å². The van der Waals surface area contributed by atoms with Gasteiger partial charge >= 0.3 is 0 Å². The first-order valence-corrected chi connectivity index (χ1v) is 9.78. The molecule has 1 aliphatic rings. The van der Waals surface area contributed by atoms with Crippen molar-refractivity contribution in [3.05, 3.63) is 28.3 Å². The van der Waals surface area contributed by atoms with E-state index in [1.807, 2.05) is 4.90 Å². The number of nitro groups is 1. The number of anilines is 1. The maximum Gasteiger partial charge on any atom is 0.293 e. The van der Waals surface area contributed by atoms with Crippen molar-refractivity contribution in [3.8, 4) is 0 Å². The van der Waals surface area contributed by atoms with Gasteiger partial charge in [0.15, 0.2) is 0 Å². The van der Waals surface area contributed by atoms with E-state index in [4.69, 9.17) is 0 Å². The molecule has 1 unspecified atom stereocenters. The number of rotatable bonds is 6. The second kappa shape index (κ2) is 7.48. The van der Waals surface area contributed by atoms with Gasteiger partial charge < -0.3 is 4.90 Å². The van der Waals surface area contributed by atoms with Gasteiger partial charge in [0.2, 0.25) is 10.0 Å². The van der Waals surface area contributed by atoms with Crippen LogP contribution in [0.4, 0.5) is 11.4 Å². The third-order valence-electron chi connectivity index (χ3n) is 4.48. The van der Waals surface area contributed by atoms with Crippen LogP contribution in [0.15, 0.2) is 23.1 Å². The molecule has 2 rings (SSSR count). The smallest absolute Gasteiger partial charge is 0.293 e. The van der Waals surface area contributed by atoms with Crippen molar-refractivity contribution in [1.29, 1.82) is 0 Å². The number of piperidine rings is 1. The normalized spacial score (nSPS) is 18.8. The minimum Gasteiger partial charge on any atom is -0.366 e. The van der Waals surface area contributed by atoms with E-state index in [0.29, 0.717) is 24.7 Å². The SMILES string of the molecule is CCN(CC)S(=O)(=O)c1ccc(N2CCCC(C)C2)c([N+](=O)[O-])c1. The quantitative estimate of drug-likeness (QED) is 0.579. The van der Waals surface area contributed by atoms with Crippen molar-refractivity contribution < 1.29 is 13.3 Å². The molecular formula is C16H25N3O4S. The fourth-order valence-electron chi connectivity index (χ4n) is 3.20. The Balaban J connectivity index is 2.45. The van der Waals surface area contributed by atoms with Gasteiger partial charge in [0.05, 0.1) is 9.82 Å². The van der Waals surface area contributed by atoms with Crippen molar-refractivity contribution in [1.82, 2.24) is 4.31 Å². The first-order valence-electron chi connectivity index (χ1n) is 8.34. The maximum absolute atomic E-state index is 12.6. The molecular weight excluding hydrogens is 330 g/mol. The number of hydrogen-bond acceptors (Lipinski definition) is 5. The van der Waals surface area contributed by atoms with Crippen LogP contribution in [0.3, 0.4) is 0 Å². The highest BCUT2D eigenvalue weighted by Gasteiger charge is 2.28. The topological polar surface area (TPSA) is 83.8 Å². The fraction of sp³-hybridized carbons (Fsp3) is 0.625. The molecule has 8 heteroatoms. The van der Waals surface area contributed by atoms with Gasteiger partial charge in [-0.3, -0.25) is 10.1 Å². The minimum absolute atomic E-state index is 0.0216. The van der Waals surface area contributed by atoms with Gasteiger partial charge in [0, 0.05) is 32.2 Å². The second-order valence-corrected chi connectivity index (χ2v) is 8.13. The van der Waals surface area contributed by atoms with Gasteiger partial charge in [-0.1, -0.05) is 20.8 Å². The van der Waals surface area contributed by atoms with Crippen LogP contribution in [-0.4, -0.2) is 43.8 Å². The molecule has 0 amide bonds. The lowest BCUT2D eigenvalue weighted by Gasteiger charge is -2.32. The Kier molecular flexibility index (Phi) is 5.82. The summed E-state index contributed by atoms with van der Waals surface area (Å²) in [7, 11) is -3.71. The third kappa shape index (κ3) is 3.70. The largest absolute Gasteiger partial charge is 0.366 e. The van der Waals surface area contributed by atoms with Crippen molar-refractivity contribution in [2.45, 2.75) is 38.5 Å². The molecule has 24 heavy (non-hydrogen) atoms. The van der Waals surface area contributed by atoms with Gasteiger partial charge in [-0.15, -0.1) is 0 Å². The zero-order valence-corrected chi connectivity index (χ0v) is 15.3. The molecule has 1 aromatic rings. The Bertz CT molecular complexity index is 701. The fourth-order valence-corrected chi connectivity index (χ4v) is 4.68. The summed E-state index contributed by atoms with van der Waals surface area (Å²) in [4.78, 5) is 13.0. The second-order valence-electron chi connectivity index (χ2n) is 6.19. The molecule has 0 N–H and O–H groups in total. The summed E-state index contributed by atoms with van der Waals surface area (Å²) >= 11 is 0. The monoisotopic (exact) mass is 355 g/mol. The Morgan fingerprint density at radius 2 is 2.00 bits per heavy atom. The molecule has 1 aromatic carbocycles. The summed E-state index contributed by atoms with van der Waals surface area (Å²) in [6.07, 6.45) is 2.09. The first kappa shape index (κ1) is 18.7. The van der Waals surface area contributed by atoms with Crippen molar-refractivity contribution in [3.63, 3.8) is 0 Å². The number of nitro benzene ring substituents is 1. The molecule has 1 atom stereocenters. The van der Waals surface area contributed by atoms with Crippen LogP contribution in [0, 0.1) is 16.0 Å². The van der Waals surface area contributed by atoms with Crippen LogP contribution < -0.4 is 4.90 Å². The highest BCUT2D eigenvalue weighted by Crippen LogP contribution is 2.34. The molecule has 0 radical (unpaired) electrons. The third-order valence-corrected chi connectivity index (χ3v) is 6.53. The van der Waals surface area contributed by atoms with E-state index in [9.17, 15) is 18.5 Å². The molecule has 1 heterocycles. The summed E-state index contributed by atoms with van der Waals surface area (Å²) in [6, 6.07) is 4.25. The van der Waals surface area contributed by atoms with Crippen molar-refractivity contribution in [2.24, 2.45) is 5.92 Å². The van der Waals surface area contributed by atoms with Gasteiger partial charge in [-0.05, 0) is 30.9 Å². The van der Waals surface area contributed by atoms with Gasteiger partial charge in [0.25, 0.3) is 5.69 Å². The van der Waals surface area contributed by atoms with E-state index in [1.54, 1.807) is 19.9 Å². The Hall–Kier alpha value is -1.67. The summed E-state index contributed by atoms with van der Waals surface area (Å²) in [5.41, 5.74) is 0.363. The highest BCUT2D eigenvalue weighted by molar-refractivity contribution is 7.89. The number of hydrogen-bond donors (Lipinski definition) is 0. The average molecular weight is 355 g/mol. The van der Waals surface area contributed by atoms with Crippen LogP contribution in [-0.2, 0) is 10.0 Å². The summed E-state index contributed by atoms with van der Waals surface area (Å²) < 4.78 is 26.5. The molecule has 0 bridgehead atoms. The van der Waals surface area contributed by atoms with E-state index < -0.39 is 14.9 Å². The lowest BCUT2D eigenvalue weighted by molar-refractivity contribution is -0.384. The standard InChI is InChI=1S/C16H25N3O4S/c1-4-18(5-2)24(22,23)14-8-9-15(16(11-14)19(20)21)17-10-6-7-13(3)12-17/h8-9,11,13H,4-7,10,12H2,1-3H3. The van der Waals surface area contributed by atoms with Gasteiger partial charge in [-0.2, -0.15) is 4.31 Å². The zero-order valence-electron chi connectivity index (χ0n) is 14.4. The highest BCUT2D eigenvalue weighted by atomic mass is 32.2. The molecule has 1 saturated heterocycles. The van der Waals surface area contributed by atoms with Gasteiger partial charge in [-0.25, -0.2) is 8.42 Å². The van der Waals surface area contributed by atoms with Crippen LogP contribution in [0.2, 0.25) is 0 Å². The predicted octanol–water partition coefficient (Wildman–Crippen LogP) is 2.86. The zero-order chi connectivity index (χ0) is 17.9. The summed E-state index contributed by atoms with van der Waals surface area (Å²) in [5, 5.41) is 11.5. The van der Waals surface area contributed by atoms with E-state index in [2.05, 4.69) is 6.92 Å². The number of nitrogens with zero attached hydrogens (tertiary/aromatic N) is 3. The lowest BCUT2D eigenvalue weighted by atomic mass is 9.99. The molecule has 0 saturated carbocycles. The van der Waals surface area contributed by atoms with E-state index in [1.165, 1.54) is 16.4 Å². The first-order chi connectivity index (χ1) is 11.3. The molecule has 0 aromatic heterocycles. The number of benzene rings is 1. The van der Waals surface area contributed by atoms with Crippen LogP contribution in [0.25, 0.3) is 0 Å². The lowest BCUT2D eigenvalue weighted by Crippen LogP contribution is -2.35. The van der Waals surface area contributed by atoms with Crippen LogP contribution >= 0.6 is 0 Å². The molecule has 1 fully saturated rings. The molecule has 134 valence electrons. The predicted molar refractivity (Wildman–Crippen MR) is 93.8 cm³/mol. The number of sulfonamides is 1. The average Bonchev–Trinajstić information content (AvgIpc) is 2.55. The van der Waals surface area contributed by atoms with E-state index in [0.717, 1.165) is 25.9 Å². The van der Waals surface area contributed by atoms with E-state index >= 15 is 0 Å².